The highest BCUT2D eigenvalue weighted by molar-refractivity contribution is 6.02. The topological polar surface area (TPSA) is 529 Å². The van der Waals surface area contributed by atoms with Crippen molar-refractivity contribution in [2.45, 2.75) is 149 Å². The number of aromatic amines is 2. The number of amides is 5. The Balaban J connectivity index is 0.775. The zero-order valence-electron chi connectivity index (χ0n) is 70.7. The van der Waals surface area contributed by atoms with Gasteiger partial charge in [0.2, 0.25) is 23.6 Å². The molecule has 688 valence electrons. The van der Waals surface area contributed by atoms with E-state index in [1.165, 1.54) is 0 Å². The Labute approximate surface area is 742 Å². The fourth-order valence-corrected chi connectivity index (χ4v) is 15.9. The van der Waals surface area contributed by atoms with Gasteiger partial charge in [-0.25, -0.2) is 9.97 Å². The van der Waals surface area contributed by atoms with Gasteiger partial charge in [0.1, 0.15) is 79.3 Å². The lowest BCUT2D eigenvalue weighted by Gasteiger charge is -2.39. The van der Waals surface area contributed by atoms with E-state index in [4.69, 9.17) is 52.6 Å². The molecule has 16 atom stereocenters. The number of rotatable bonds is 43. The molecule has 8 bridgehead atoms. The van der Waals surface area contributed by atoms with E-state index in [0.717, 1.165) is 61.3 Å². The number of aliphatic hydroxyl groups excluding tert-OH is 12. The number of hydrogen-bond acceptors (Lipinski definition) is 28. The highest BCUT2D eigenvalue weighted by Crippen LogP contribution is 2.40. The van der Waals surface area contributed by atoms with Crippen LogP contribution in [-0.4, -0.2) is 313 Å². The summed E-state index contributed by atoms with van der Waals surface area (Å²) < 4.78 is 49.9. The van der Waals surface area contributed by atoms with E-state index < -0.39 is 153 Å². The molecule has 5 amide bonds. The number of hydrogen-bond donors (Lipinski definition) is 19. The molecule has 5 aliphatic rings. The summed E-state index contributed by atoms with van der Waals surface area (Å²) >= 11 is 0. The second kappa shape index (κ2) is 46.6. The first-order chi connectivity index (χ1) is 62.6. The van der Waals surface area contributed by atoms with E-state index >= 15 is 9.59 Å². The third kappa shape index (κ3) is 24.9. The van der Waals surface area contributed by atoms with Crippen LogP contribution in [0.3, 0.4) is 0 Å². The zero-order chi connectivity index (χ0) is 90.9. The zero-order valence-corrected chi connectivity index (χ0v) is 70.7. The van der Waals surface area contributed by atoms with Gasteiger partial charge < -0.3 is 140 Å². The van der Waals surface area contributed by atoms with Crippen molar-refractivity contribution in [2.75, 3.05) is 98.9 Å². The lowest BCUT2D eigenvalue weighted by molar-refractivity contribution is -0.302. The molecule has 0 radical (unpaired) electrons. The van der Waals surface area contributed by atoms with Crippen molar-refractivity contribution >= 4 is 75.9 Å². The molecule has 5 aromatic carbocycles. The molecule has 0 saturated carbocycles. The minimum absolute atomic E-state index is 0.0569. The Morgan fingerprint density at radius 2 is 0.682 bits per heavy atom. The Morgan fingerprint density at radius 3 is 1.00 bits per heavy atom. The van der Waals surface area contributed by atoms with Gasteiger partial charge in [-0.2, -0.15) is 0 Å². The Hall–Kier alpha value is -10.8. The van der Waals surface area contributed by atoms with Crippen LogP contribution in [-0.2, 0) is 68.2 Å². The largest absolute Gasteiger partial charge is 0.394 e. The number of nitrogens with one attached hydrogen (secondary N) is 7. The summed E-state index contributed by atoms with van der Waals surface area (Å²) in [6.07, 6.45) is -16.2. The summed E-state index contributed by atoms with van der Waals surface area (Å²) in [5.74, 6) is -3.03. The standard InChI is InChI=1S/C94H111N9O26/c104-52-70-80(110)83(113)86(116)91(127-70)124-48-45-121-42-39-95-73(107)33-36-94(37-34-74(108)96-40-43-122-46-49-125-92-87(117)84(114)81(111)71(53-105)128-92,38-35-75(109)97-41-44-123-47-50-126-93-88(118)85(115)82(112)72(54-106)129-93)103-90(120)69(51-55-13-5-1-6-14-55)102-89(119)60-23-21-59(22-24-60)79-67-31-29-65(100-67)77(57-17-9-3-10-18-57)63-27-25-61(98-63)76(56-15-7-2-8-16-56)62-26-28-64(99-62)78(58-19-11-4-12-20-58)66-30-32-68(79)101-66/h1-32,69-72,80-88,91-93,98,101,104-106,110-118H,33-54H2,(H,95,107)(H,96,108)(H,97,109)(H,102,119)(H,103,120)/t69-,70+,71+,72+,80+,81+,82+,83-,84-,85-,86+,87+,88+,91+,92+,93+/m0/s1. The van der Waals surface area contributed by atoms with Crippen LogP contribution >= 0.6 is 0 Å². The molecule has 0 aliphatic carbocycles. The molecular weight excluding hydrogens is 1670 g/mol. The Kier molecular flexibility index (Phi) is 34.6. The predicted molar refractivity (Wildman–Crippen MR) is 471 cm³/mol. The van der Waals surface area contributed by atoms with Crippen molar-refractivity contribution in [1.29, 1.82) is 0 Å². The average Bonchev–Trinajstić information content (AvgIpc) is 1.62. The van der Waals surface area contributed by atoms with Crippen molar-refractivity contribution in [1.82, 2.24) is 46.5 Å². The van der Waals surface area contributed by atoms with Crippen molar-refractivity contribution in [3.63, 3.8) is 0 Å². The molecule has 0 unspecified atom stereocenters. The van der Waals surface area contributed by atoms with E-state index in [-0.39, 0.29) is 130 Å². The van der Waals surface area contributed by atoms with Crippen LogP contribution < -0.4 is 26.6 Å². The van der Waals surface area contributed by atoms with E-state index in [2.05, 4.69) is 60.8 Å². The SMILES string of the molecule is O=C(CCC(CCC(=O)NCCOCCO[C@@H]1O[C@H](CO)[C@@H](O)[C@H](O)[C@H]1O)(CCC(=O)NCCOCCO[C@@H]1O[C@H](CO)[C@@H](O)[C@H](O)[C@H]1O)NC(=O)[C@H](Cc1ccccc1)NC(=O)c1ccc(-c2c3nc(c(-c4ccccc4)c4ccc([nH]4)c(-c4ccccc4)c4nc(c(-c5ccccc5)c5ccc2[nH]5)C=C4)C=C3)cc1)NCCOCCO[C@@H]1O[C@H](CO)[C@@H](O)[C@H](O)[C@H]1O. The van der Waals surface area contributed by atoms with Gasteiger partial charge >= 0.3 is 0 Å². The van der Waals surface area contributed by atoms with E-state index in [1.54, 1.807) is 54.6 Å². The molecule has 5 aliphatic heterocycles. The van der Waals surface area contributed by atoms with Crippen molar-refractivity contribution in [3.05, 3.63) is 204 Å². The van der Waals surface area contributed by atoms with Crippen molar-refractivity contribution in [3.8, 4) is 44.5 Å². The van der Waals surface area contributed by atoms with Gasteiger partial charge in [0, 0.05) is 101 Å². The fraction of sp³-hybridized carbons (Fsp3) is 0.415. The van der Waals surface area contributed by atoms with Gasteiger partial charge in [-0.15, -0.1) is 0 Å². The van der Waals surface area contributed by atoms with Crippen LogP contribution in [0.1, 0.15) is 77.2 Å². The van der Waals surface area contributed by atoms with Gasteiger partial charge in [-0.3, -0.25) is 24.0 Å². The Bertz CT molecular complexity index is 5050. The molecule has 19 N–H and O–H groups in total. The molecule has 3 fully saturated rings. The van der Waals surface area contributed by atoms with Crippen LogP contribution in [0, 0.1) is 0 Å². The molecule has 8 aromatic rings. The number of fused-ring (bicyclic) bond motifs is 8. The van der Waals surface area contributed by atoms with Crippen LogP contribution in [0.25, 0.3) is 90.9 Å². The lowest BCUT2D eigenvalue weighted by Crippen LogP contribution is -2.59. The number of aromatic nitrogens is 4. The van der Waals surface area contributed by atoms with Crippen molar-refractivity contribution < 1.29 is 128 Å². The van der Waals surface area contributed by atoms with E-state index in [0.29, 0.717) is 33.6 Å². The molecule has 3 saturated heterocycles. The fourth-order valence-electron chi connectivity index (χ4n) is 15.9. The molecule has 8 heterocycles. The summed E-state index contributed by atoms with van der Waals surface area (Å²) in [7, 11) is 0. The normalized spacial score (nSPS) is 22.9. The first-order valence-corrected chi connectivity index (χ1v) is 43.0. The third-order valence-electron chi connectivity index (χ3n) is 22.9. The molecule has 3 aromatic heterocycles. The highest BCUT2D eigenvalue weighted by atomic mass is 16.7. The molecule has 35 nitrogen and oxygen atoms in total. The second-order valence-corrected chi connectivity index (χ2v) is 31.8. The molecular formula is C94H111N9O26. The van der Waals surface area contributed by atoms with Crippen molar-refractivity contribution in [2.24, 2.45) is 0 Å². The monoisotopic (exact) mass is 1780 g/mol. The number of carbonyl (C=O) groups is 5. The van der Waals surface area contributed by atoms with Gasteiger partial charge in [0.15, 0.2) is 18.9 Å². The van der Waals surface area contributed by atoms with Crippen LogP contribution in [0.15, 0.2) is 170 Å². The number of benzene rings is 5. The first kappa shape index (κ1) is 95.8. The molecule has 13 rings (SSSR count). The number of nitrogens with zero attached hydrogens (tertiary/aromatic N) is 2. The van der Waals surface area contributed by atoms with Gasteiger partial charge in [0.25, 0.3) is 5.91 Å². The summed E-state index contributed by atoms with van der Waals surface area (Å²) in [5, 5.41) is 136. The minimum Gasteiger partial charge on any atom is -0.394 e. The van der Waals surface area contributed by atoms with Crippen LogP contribution in [0.4, 0.5) is 0 Å². The molecule has 0 spiro atoms. The van der Waals surface area contributed by atoms with Gasteiger partial charge in [-0.05, 0) is 108 Å². The summed E-state index contributed by atoms with van der Waals surface area (Å²) in [6, 6.07) is 52.7. The lowest BCUT2D eigenvalue weighted by atomic mass is 9.82. The number of aliphatic hydroxyl groups is 12. The van der Waals surface area contributed by atoms with Crippen LogP contribution in [0.2, 0.25) is 0 Å². The number of ether oxygens (including phenoxy) is 9. The van der Waals surface area contributed by atoms with E-state index in [9.17, 15) is 75.7 Å². The summed E-state index contributed by atoms with van der Waals surface area (Å²) in [4.78, 5) is 91.9. The summed E-state index contributed by atoms with van der Waals surface area (Å²) in [5.41, 5.74) is 11.8. The maximum Gasteiger partial charge on any atom is 0.251 e. The first-order valence-electron chi connectivity index (χ1n) is 43.0. The maximum absolute atomic E-state index is 15.8. The quantitative estimate of drug-likeness (QED) is 0.0244. The number of carbonyl (C=O) groups excluding carboxylic acids is 5. The van der Waals surface area contributed by atoms with E-state index in [1.807, 2.05) is 115 Å². The molecule has 129 heavy (non-hydrogen) atoms. The average molecular weight is 1780 g/mol. The predicted octanol–water partition coefficient (Wildman–Crippen LogP) is 2.71. The smallest absolute Gasteiger partial charge is 0.251 e. The minimum atomic E-state index is -1.67. The van der Waals surface area contributed by atoms with Crippen LogP contribution in [0.5, 0.6) is 0 Å². The Morgan fingerprint density at radius 1 is 0.372 bits per heavy atom. The highest BCUT2D eigenvalue weighted by Gasteiger charge is 2.47. The number of H-pyrrole nitrogens is 2. The maximum atomic E-state index is 15.8. The van der Waals surface area contributed by atoms with Gasteiger partial charge in [-0.1, -0.05) is 133 Å². The summed E-state index contributed by atoms with van der Waals surface area (Å²) in [6.45, 7) is -3.17. The second-order valence-electron chi connectivity index (χ2n) is 31.8. The van der Waals surface area contributed by atoms with Gasteiger partial charge in [0.05, 0.1) is 102 Å². The molecule has 35 heteroatoms. The third-order valence-corrected chi connectivity index (χ3v) is 22.9.